The number of hydrogen-bond acceptors (Lipinski definition) is 7. The SMILES string of the molecule is COCCNCc1cc2ncn(-c3cc(-c4ccc(F)cc4-c4ncnn4C)cc(C4CC4)n3)c(=O)c2[nH]1. The fourth-order valence-electron chi connectivity index (χ4n) is 4.61. The van der Waals surface area contributed by atoms with E-state index in [9.17, 15) is 9.18 Å². The van der Waals surface area contributed by atoms with Crippen LogP contribution in [0.3, 0.4) is 0 Å². The summed E-state index contributed by atoms with van der Waals surface area (Å²) < 4.78 is 22.5. The van der Waals surface area contributed by atoms with Crippen LogP contribution in [0.15, 0.2) is 53.8 Å². The number of ether oxygens (including phenoxy) is 1. The highest BCUT2D eigenvalue weighted by atomic mass is 19.1. The number of aromatic nitrogens is 7. The molecule has 0 saturated heterocycles. The number of pyridine rings is 1. The third kappa shape index (κ3) is 4.61. The predicted molar refractivity (Wildman–Crippen MR) is 140 cm³/mol. The van der Waals surface area contributed by atoms with Gasteiger partial charge in [0.1, 0.15) is 29.8 Å². The van der Waals surface area contributed by atoms with E-state index in [0.29, 0.717) is 53.9 Å². The van der Waals surface area contributed by atoms with Crippen molar-refractivity contribution in [2.75, 3.05) is 20.3 Å². The maximum Gasteiger partial charge on any atom is 0.283 e. The van der Waals surface area contributed by atoms with Gasteiger partial charge in [-0.15, -0.1) is 0 Å². The van der Waals surface area contributed by atoms with Gasteiger partial charge in [0.05, 0.1) is 12.1 Å². The van der Waals surface area contributed by atoms with Crippen molar-refractivity contribution in [3.05, 3.63) is 76.6 Å². The lowest BCUT2D eigenvalue weighted by atomic mass is 9.98. The molecular formula is C27H27FN8O2. The van der Waals surface area contributed by atoms with Crippen LogP contribution in [0.5, 0.6) is 0 Å². The largest absolute Gasteiger partial charge is 0.383 e. The molecule has 0 aliphatic heterocycles. The standard InChI is InChI=1S/C27H27FN8O2/c1-35-26(30-14-32-35)21-11-18(28)5-6-20(21)17-9-22(16-3-4-16)34-24(10-17)36-15-31-23-12-19(13-29-7-8-38-2)33-25(23)27(36)37/h5-6,9-12,14-16,29,33H,3-4,7-8,13H2,1-2H3. The fraction of sp³-hybridized carbons (Fsp3) is 0.296. The molecule has 194 valence electrons. The summed E-state index contributed by atoms with van der Waals surface area (Å²) in [4.78, 5) is 30.4. The molecule has 6 rings (SSSR count). The summed E-state index contributed by atoms with van der Waals surface area (Å²) in [6, 6.07) is 10.3. The average Bonchev–Trinajstić information content (AvgIpc) is 3.55. The molecule has 1 aromatic carbocycles. The number of halogens is 1. The summed E-state index contributed by atoms with van der Waals surface area (Å²) in [6.07, 6.45) is 5.03. The first-order valence-corrected chi connectivity index (χ1v) is 12.5. The smallest absolute Gasteiger partial charge is 0.283 e. The Bertz CT molecular complexity index is 1680. The van der Waals surface area contributed by atoms with Crippen LogP contribution in [-0.4, -0.2) is 54.5 Å². The molecule has 0 amide bonds. The fourth-order valence-corrected chi connectivity index (χ4v) is 4.61. The molecule has 0 bridgehead atoms. The first-order valence-electron chi connectivity index (χ1n) is 12.5. The van der Waals surface area contributed by atoms with Crippen molar-refractivity contribution in [3.63, 3.8) is 0 Å². The van der Waals surface area contributed by atoms with Crippen LogP contribution in [0.1, 0.15) is 30.1 Å². The average molecular weight is 515 g/mol. The number of aromatic amines is 1. The van der Waals surface area contributed by atoms with E-state index in [0.717, 1.165) is 35.4 Å². The molecule has 1 fully saturated rings. The second-order valence-electron chi connectivity index (χ2n) is 9.45. The van der Waals surface area contributed by atoms with Crippen molar-refractivity contribution < 1.29 is 9.13 Å². The van der Waals surface area contributed by atoms with Gasteiger partial charge in [-0.05, 0) is 54.3 Å². The van der Waals surface area contributed by atoms with Crippen molar-refractivity contribution in [3.8, 4) is 28.3 Å². The molecule has 1 aliphatic carbocycles. The lowest BCUT2D eigenvalue weighted by Crippen LogP contribution is -2.21. The second-order valence-corrected chi connectivity index (χ2v) is 9.45. The Morgan fingerprint density at radius 2 is 2.03 bits per heavy atom. The Labute approximate surface area is 217 Å². The van der Waals surface area contributed by atoms with E-state index in [4.69, 9.17) is 9.72 Å². The molecule has 0 radical (unpaired) electrons. The van der Waals surface area contributed by atoms with Crippen molar-refractivity contribution in [2.45, 2.75) is 25.3 Å². The zero-order valence-electron chi connectivity index (χ0n) is 21.1. The molecule has 2 N–H and O–H groups in total. The van der Waals surface area contributed by atoms with E-state index in [1.165, 1.54) is 29.4 Å². The maximum atomic E-state index is 14.3. The van der Waals surface area contributed by atoms with Crippen molar-refractivity contribution in [1.29, 1.82) is 0 Å². The van der Waals surface area contributed by atoms with E-state index in [2.05, 4.69) is 25.4 Å². The first kappa shape index (κ1) is 24.1. The molecule has 11 heteroatoms. The molecule has 0 spiro atoms. The number of nitrogens with one attached hydrogen (secondary N) is 2. The summed E-state index contributed by atoms with van der Waals surface area (Å²) in [5, 5.41) is 7.41. The number of methoxy groups -OCH3 is 1. The topological polar surface area (TPSA) is 116 Å². The molecule has 0 unspecified atom stereocenters. The van der Waals surface area contributed by atoms with Gasteiger partial charge in [-0.1, -0.05) is 6.07 Å². The third-order valence-electron chi connectivity index (χ3n) is 6.72. The minimum Gasteiger partial charge on any atom is -0.383 e. The minimum absolute atomic E-state index is 0.239. The van der Waals surface area contributed by atoms with Crippen molar-refractivity contribution >= 4 is 11.0 Å². The monoisotopic (exact) mass is 514 g/mol. The van der Waals surface area contributed by atoms with Gasteiger partial charge in [-0.3, -0.25) is 4.79 Å². The van der Waals surface area contributed by atoms with E-state index in [-0.39, 0.29) is 11.4 Å². The Kier molecular flexibility index (Phi) is 6.30. The van der Waals surface area contributed by atoms with Crippen LogP contribution in [0.25, 0.3) is 39.4 Å². The normalized spacial score (nSPS) is 13.4. The predicted octanol–water partition coefficient (Wildman–Crippen LogP) is 3.32. The molecule has 4 aromatic heterocycles. The van der Waals surface area contributed by atoms with Crippen molar-refractivity contribution in [2.24, 2.45) is 7.05 Å². The van der Waals surface area contributed by atoms with Gasteiger partial charge in [0, 0.05) is 50.1 Å². The molecule has 1 aliphatic rings. The Morgan fingerprint density at radius 3 is 2.79 bits per heavy atom. The van der Waals surface area contributed by atoms with Crippen LogP contribution >= 0.6 is 0 Å². The zero-order valence-corrected chi connectivity index (χ0v) is 21.1. The van der Waals surface area contributed by atoms with Gasteiger partial charge in [0.15, 0.2) is 5.82 Å². The van der Waals surface area contributed by atoms with Gasteiger partial charge < -0.3 is 15.0 Å². The summed E-state index contributed by atoms with van der Waals surface area (Å²) in [7, 11) is 3.42. The summed E-state index contributed by atoms with van der Waals surface area (Å²) in [5.41, 5.74) is 4.73. The van der Waals surface area contributed by atoms with E-state index >= 15 is 0 Å². The number of rotatable bonds is 9. The number of benzene rings is 1. The molecular weight excluding hydrogens is 487 g/mol. The maximum absolute atomic E-state index is 14.3. The van der Waals surface area contributed by atoms with Crippen molar-refractivity contribution in [1.82, 2.24) is 39.6 Å². The van der Waals surface area contributed by atoms with Crippen LogP contribution in [0, 0.1) is 5.82 Å². The Morgan fingerprint density at radius 1 is 1.16 bits per heavy atom. The highest BCUT2D eigenvalue weighted by molar-refractivity contribution is 5.82. The van der Waals surface area contributed by atoms with Crippen LogP contribution in [0.2, 0.25) is 0 Å². The quantitative estimate of drug-likeness (QED) is 0.290. The highest BCUT2D eigenvalue weighted by Crippen LogP contribution is 2.41. The number of H-pyrrole nitrogens is 1. The molecule has 5 aromatic rings. The van der Waals surface area contributed by atoms with Gasteiger partial charge in [-0.2, -0.15) is 5.10 Å². The lowest BCUT2D eigenvalue weighted by Gasteiger charge is -2.13. The van der Waals surface area contributed by atoms with Crippen LogP contribution in [-0.2, 0) is 18.3 Å². The molecule has 1 saturated carbocycles. The van der Waals surface area contributed by atoms with E-state index in [1.807, 2.05) is 18.2 Å². The van der Waals surface area contributed by atoms with Gasteiger partial charge in [0.25, 0.3) is 5.56 Å². The third-order valence-corrected chi connectivity index (χ3v) is 6.72. The number of fused-ring (bicyclic) bond motifs is 1. The number of aryl methyl sites for hydroxylation is 1. The van der Waals surface area contributed by atoms with Gasteiger partial charge >= 0.3 is 0 Å². The zero-order chi connectivity index (χ0) is 26.2. The molecule has 0 atom stereocenters. The van der Waals surface area contributed by atoms with Crippen LogP contribution < -0.4 is 10.9 Å². The Hall–Kier alpha value is -4.22. The molecule has 38 heavy (non-hydrogen) atoms. The molecule has 4 heterocycles. The van der Waals surface area contributed by atoms with Crippen LogP contribution in [0.4, 0.5) is 4.39 Å². The minimum atomic E-state index is -0.367. The lowest BCUT2D eigenvalue weighted by molar-refractivity contribution is 0.199. The van der Waals surface area contributed by atoms with E-state index in [1.54, 1.807) is 24.9 Å². The highest BCUT2D eigenvalue weighted by Gasteiger charge is 2.27. The Balaban J connectivity index is 1.44. The van der Waals surface area contributed by atoms with Gasteiger partial charge in [-0.25, -0.2) is 28.6 Å². The first-order chi connectivity index (χ1) is 18.5. The van der Waals surface area contributed by atoms with Gasteiger partial charge in [0.2, 0.25) is 0 Å². The summed E-state index contributed by atoms with van der Waals surface area (Å²) in [5.74, 6) is 0.971. The number of hydrogen-bond donors (Lipinski definition) is 2. The second kappa shape index (κ2) is 9.92. The summed E-state index contributed by atoms with van der Waals surface area (Å²) in [6.45, 7) is 1.86. The summed E-state index contributed by atoms with van der Waals surface area (Å²) >= 11 is 0. The van der Waals surface area contributed by atoms with E-state index < -0.39 is 0 Å². The number of nitrogens with zero attached hydrogens (tertiary/aromatic N) is 6. The molecule has 10 nitrogen and oxygen atoms in total.